The molecule has 3 N–H and O–H groups in total. The number of rotatable bonds is 5. The first-order valence-electron chi connectivity index (χ1n) is 8.00. The molecule has 0 aromatic carbocycles. The number of aliphatic hydroxyl groups is 1. The lowest BCUT2D eigenvalue weighted by molar-refractivity contribution is -0.138. The van der Waals surface area contributed by atoms with Gasteiger partial charge in [0, 0.05) is 11.6 Å². The highest BCUT2D eigenvalue weighted by atomic mass is 32.1. The Hall–Kier alpha value is -1.62. The van der Waals surface area contributed by atoms with Gasteiger partial charge >= 0.3 is 6.18 Å². The summed E-state index contributed by atoms with van der Waals surface area (Å²) >= 11 is 0. The molecule has 0 saturated heterocycles. The van der Waals surface area contributed by atoms with Crippen molar-refractivity contribution in [3.05, 3.63) is 11.7 Å². The lowest BCUT2D eigenvalue weighted by Gasteiger charge is -2.21. The van der Waals surface area contributed by atoms with Crippen molar-refractivity contribution in [3.8, 4) is 0 Å². The maximum Gasteiger partial charge on any atom is 0.408 e. The number of nitrogens with one attached hydrogen (secondary N) is 2. The number of hydrogen-bond donors (Lipinski definition) is 3. The van der Waals surface area contributed by atoms with Crippen molar-refractivity contribution in [1.29, 1.82) is 0 Å². The fourth-order valence-corrected chi connectivity index (χ4v) is 2.31. The number of aromatic nitrogens is 3. The second-order valence-electron chi connectivity index (χ2n) is 6.25. The fourth-order valence-electron chi connectivity index (χ4n) is 2.31. The smallest absolute Gasteiger partial charge is 0.386 e. The second-order valence-corrected chi connectivity index (χ2v) is 6.25. The van der Waals surface area contributed by atoms with Crippen molar-refractivity contribution in [3.63, 3.8) is 0 Å². The number of aliphatic hydroxyl groups excluding tert-OH is 1. The minimum atomic E-state index is -4.48. The lowest BCUT2D eigenvalue weighted by atomic mass is 9.96. The Kier molecular flexibility index (Phi) is 7.63. The van der Waals surface area contributed by atoms with E-state index in [4.69, 9.17) is 0 Å². The van der Waals surface area contributed by atoms with Crippen molar-refractivity contribution in [2.45, 2.75) is 64.4 Å². The highest BCUT2D eigenvalue weighted by Crippen LogP contribution is 2.32. The molecule has 6 nitrogen and oxygen atoms in total. The van der Waals surface area contributed by atoms with Gasteiger partial charge in [-0.1, -0.05) is 0 Å². The number of alkyl halides is 3. The van der Waals surface area contributed by atoms with E-state index in [1.165, 1.54) is 0 Å². The molecular formula is C15H23F4N5OS. The quantitative estimate of drug-likeness (QED) is 0.661. The monoisotopic (exact) mass is 397 g/mol. The van der Waals surface area contributed by atoms with E-state index in [1.807, 2.05) is 0 Å². The molecule has 0 radical (unpaired) electrons. The summed E-state index contributed by atoms with van der Waals surface area (Å²) in [4.78, 5) is 11.9. The zero-order chi connectivity index (χ0) is 18.8. The number of hydrogen-bond acceptors (Lipinski definition) is 6. The van der Waals surface area contributed by atoms with Gasteiger partial charge in [0.15, 0.2) is 5.82 Å². The molecule has 1 heterocycles. The molecular weight excluding hydrogens is 374 g/mol. The molecule has 26 heavy (non-hydrogen) atoms. The average molecular weight is 397 g/mol. The van der Waals surface area contributed by atoms with E-state index in [1.54, 1.807) is 13.8 Å². The molecule has 1 aromatic heterocycles. The predicted molar refractivity (Wildman–Crippen MR) is 96.0 cm³/mol. The van der Waals surface area contributed by atoms with Crippen molar-refractivity contribution < 1.29 is 22.7 Å². The molecule has 0 aliphatic heterocycles. The molecule has 0 bridgehead atoms. The van der Waals surface area contributed by atoms with Gasteiger partial charge in [0.2, 0.25) is 11.9 Å². The van der Waals surface area contributed by atoms with Gasteiger partial charge in [-0.3, -0.25) is 0 Å². The Bertz CT molecular complexity index is 653. The van der Waals surface area contributed by atoms with Crippen LogP contribution in [0.15, 0.2) is 5.83 Å². The minimum Gasteiger partial charge on any atom is -0.386 e. The second kappa shape index (κ2) is 8.85. The number of allylic oxidation sites excluding steroid dienone is 1. The summed E-state index contributed by atoms with van der Waals surface area (Å²) in [5, 5.41) is 14.7. The van der Waals surface area contributed by atoms with Crippen molar-refractivity contribution >= 4 is 31.0 Å². The molecule has 1 aromatic rings. The largest absolute Gasteiger partial charge is 0.408 e. The number of nitrogens with zero attached hydrogens (tertiary/aromatic N) is 3. The summed E-state index contributed by atoms with van der Waals surface area (Å²) in [5.41, 5.74) is 0.0932. The van der Waals surface area contributed by atoms with Crippen LogP contribution in [0.25, 0.3) is 5.57 Å². The Balaban J connectivity index is 0.00000338. The zero-order valence-electron chi connectivity index (χ0n) is 14.7. The summed E-state index contributed by atoms with van der Waals surface area (Å²) in [6.07, 6.45) is -4.61. The Morgan fingerprint density at radius 2 is 1.65 bits per heavy atom. The van der Waals surface area contributed by atoms with E-state index in [9.17, 15) is 22.7 Å². The molecule has 0 amide bonds. The molecule has 1 aliphatic carbocycles. The van der Waals surface area contributed by atoms with Crippen LogP contribution in [0.2, 0.25) is 0 Å². The van der Waals surface area contributed by atoms with Crippen molar-refractivity contribution in [2.75, 3.05) is 10.6 Å². The van der Waals surface area contributed by atoms with Crippen LogP contribution >= 0.6 is 13.5 Å². The maximum absolute atomic E-state index is 14.2. The summed E-state index contributed by atoms with van der Waals surface area (Å²) < 4.78 is 52.5. The lowest BCUT2D eigenvalue weighted by Crippen LogP contribution is -2.34. The summed E-state index contributed by atoms with van der Waals surface area (Å²) in [7, 11) is 0. The highest BCUT2D eigenvalue weighted by Gasteiger charge is 2.36. The van der Waals surface area contributed by atoms with Crippen LogP contribution in [0.3, 0.4) is 0 Å². The van der Waals surface area contributed by atoms with E-state index in [0.29, 0.717) is 12.8 Å². The third-order valence-corrected chi connectivity index (χ3v) is 3.64. The summed E-state index contributed by atoms with van der Waals surface area (Å²) in [6, 6.07) is -1.97. The van der Waals surface area contributed by atoms with Crippen LogP contribution in [0.5, 0.6) is 0 Å². The van der Waals surface area contributed by atoms with Crippen molar-refractivity contribution in [2.24, 2.45) is 0 Å². The predicted octanol–water partition coefficient (Wildman–Crippen LogP) is 3.39. The van der Waals surface area contributed by atoms with Gasteiger partial charge in [0.25, 0.3) is 0 Å². The fraction of sp³-hybridized carbons (Fsp3) is 0.667. The first-order valence-corrected chi connectivity index (χ1v) is 8.00. The number of halogens is 4. The van der Waals surface area contributed by atoms with Gasteiger partial charge in [-0.2, -0.15) is 41.6 Å². The van der Waals surface area contributed by atoms with Gasteiger partial charge in [-0.15, -0.1) is 0 Å². The van der Waals surface area contributed by atoms with Crippen molar-refractivity contribution in [1.82, 2.24) is 15.0 Å². The molecule has 0 saturated carbocycles. The van der Waals surface area contributed by atoms with Gasteiger partial charge in [0.05, 0.1) is 0 Å². The molecule has 0 spiro atoms. The van der Waals surface area contributed by atoms with E-state index in [-0.39, 0.29) is 49.3 Å². The van der Waals surface area contributed by atoms with E-state index in [0.717, 1.165) is 6.92 Å². The van der Waals surface area contributed by atoms with Crippen LogP contribution in [0.4, 0.5) is 29.5 Å². The van der Waals surface area contributed by atoms with Gasteiger partial charge < -0.3 is 15.7 Å². The normalized spacial score (nSPS) is 19.2. The van der Waals surface area contributed by atoms with Gasteiger partial charge in [-0.25, -0.2) is 4.39 Å². The van der Waals surface area contributed by atoms with E-state index >= 15 is 0 Å². The topological polar surface area (TPSA) is 83.0 Å². The summed E-state index contributed by atoms with van der Waals surface area (Å²) in [5.74, 6) is -1.09. The standard InChI is InChI=1S/C15H21F4N5O.H2S/c1-7(2)20-13-22-12(9-5-4-6-10(25)11(9)16)23-14(24-13)21-8(3)15(17,18)19;/h7-8,10,25H,4-6H2,1-3H3,(H2,20,21,22,23,24);1H2/t8-,10-;/m0./s1. The van der Waals surface area contributed by atoms with Crippen LogP contribution in [0, 0.1) is 0 Å². The SMILES string of the molecule is CC(C)Nc1nc(N[C@@H](C)C(F)(F)F)nc(C2=C(F)[C@@H](O)CCC2)n1.S. The van der Waals surface area contributed by atoms with E-state index in [2.05, 4.69) is 25.6 Å². The third-order valence-electron chi connectivity index (χ3n) is 3.64. The molecule has 0 fully saturated rings. The number of anilines is 2. The van der Waals surface area contributed by atoms with Crippen LogP contribution in [0.1, 0.15) is 45.9 Å². The Morgan fingerprint density at radius 1 is 1.08 bits per heavy atom. The molecule has 1 aliphatic rings. The first-order chi connectivity index (χ1) is 11.6. The maximum atomic E-state index is 14.2. The molecule has 11 heteroatoms. The van der Waals surface area contributed by atoms with Gasteiger partial charge in [0.1, 0.15) is 18.0 Å². The first kappa shape index (κ1) is 22.4. The molecule has 2 atom stereocenters. The Morgan fingerprint density at radius 3 is 2.19 bits per heavy atom. The third kappa shape index (κ3) is 5.70. The minimum absolute atomic E-state index is 0. The Labute approximate surface area is 156 Å². The highest BCUT2D eigenvalue weighted by molar-refractivity contribution is 7.59. The van der Waals surface area contributed by atoms with Crippen LogP contribution < -0.4 is 10.6 Å². The molecule has 2 rings (SSSR count). The summed E-state index contributed by atoms with van der Waals surface area (Å²) in [6.45, 7) is 4.54. The zero-order valence-corrected chi connectivity index (χ0v) is 15.7. The van der Waals surface area contributed by atoms with Crippen LogP contribution in [-0.4, -0.2) is 44.4 Å². The average Bonchev–Trinajstić information content (AvgIpc) is 2.48. The van der Waals surface area contributed by atoms with E-state index < -0.39 is 24.1 Å². The van der Waals surface area contributed by atoms with Crippen LogP contribution in [-0.2, 0) is 0 Å². The molecule has 148 valence electrons. The molecule has 0 unspecified atom stereocenters. The van der Waals surface area contributed by atoms with Gasteiger partial charge in [-0.05, 0) is 40.0 Å².